The molecule has 0 unspecified atom stereocenters. The van der Waals surface area contributed by atoms with Gasteiger partial charge in [0, 0.05) is 17.1 Å². The molecule has 0 aliphatic heterocycles. The predicted molar refractivity (Wildman–Crippen MR) is 83.4 cm³/mol. The first-order chi connectivity index (χ1) is 9.13. The molecule has 0 amide bonds. The first kappa shape index (κ1) is 17.4. The normalized spacial score (nSPS) is 12.7. The van der Waals surface area contributed by atoms with Gasteiger partial charge in [-0.3, -0.25) is 0 Å². The zero-order chi connectivity index (χ0) is 15.6. The van der Waals surface area contributed by atoms with Gasteiger partial charge in [-0.1, -0.05) is 24.9 Å². The Morgan fingerprint density at radius 1 is 1.35 bits per heavy atom. The van der Waals surface area contributed by atoms with Gasteiger partial charge in [0.25, 0.3) is 0 Å². The number of halogens is 1. The Bertz CT molecular complexity index is 583. The Morgan fingerprint density at radius 2 is 1.95 bits per heavy atom. The maximum absolute atomic E-state index is 12.6. The summed E-state index contributed by atoms with van der Waals surface area (Å²) >= 11 is 5.99. The number of benzene rings is 1. The van der Waals surface area contributed by atoms with Crippen LogP contribution in [0.15, 0.2) is 17.0 Å². The molecule has 0 aliphatic rings. The van der Waals surface area contributed by atoms with E-state index in [2.05, 4.69) is 4.72 Å². The van der Waals surface area contributed by atoms with Crippen molar-refractivity contribution in [2.24, 2.45) is 5.73 Å². The molecule has 0 bridgehead atoms. The van der Waals surface area contributed by atoms with Crippen LogP contribution in [0, 0.1) is 6.92 Å². The van der Waals surface area contributed by atoms with E-state index in [0.717, 1.165) is 18.4 Å². The van der Waals surface area contributed by atoms with Gasteiger partial charge in [-0.15, -0.1) is 0 Å². The molecule has 3 N–H and O–H groups in total. The number of nitrogens with one attached hydrogen (secondary N) is 1. The highest BCUT2D eigenvalue weighted by Crippen LogP contribution is 2.26. The Morgan fingerprint density at radius 3 is 2.45 bits per heavy atom. The zero-order valence-corrected chi connectivity index (χ0v) is 14.0. The summed E-state index contributed by atoms with van der Waals surface area (Å²) in [5, 5.41) is 0.379. The molecule has 0 fully saturated rings. The molecule has 1 aromatic carbocycles. The number of rotatable bonds is 6. The lowest BCUT2D eigenvalue weighted by Gasteiger charge is -2.26. The second-order valence-corrected chi connectivity index (χ2v) is 7.72. The van der Waals surface area contributed by atoms with Crippen LogP contribution in [0.3, 0.4) is 0 Å². The van der Waals surface area contributed by atoms with Gasteiger partial charge in [-0.05, 0) is 50.5 Å². The van der Waals surface area contributed by atoms with E-state index in [-0.39, 0.29) is 11.4 Å². The molecular formula is C14H23ClN2O2S. The summed E-state index contributed by atoms with van der Waals surface area (Å²) in [6, 6.07) is 3.17. The molecule has 6 heteroatoms. The van der Waals surface area contributed by atoms with Crippen molar-refractivity contribution in [3.8, 4) is 0 Å². The maximum atomic E-state index is 12.6. The summed E-state index contributed by atoms with van der Waals surface area (Å²) in [6.45, 7) is 7.77. The van der Waals surface area contributed by atoms with Crippen molar-refractivity contribution in [2.75, 3.05) is 0 Å². The molecule has 1 aromatic rings. The molecule has 1 rings (SSSR count). The van der Waals surface area contributed by atoms with Crippen LogP contribution in [0.4, 0.5) is 0 Å². The third-order valence-electron chi connectivity index (χ3n) is 3.23. The third-order valence-corrected chi connectivity index (χ3v) is 5.27. The second-order valence-electron chi connectivity index (χ2n) is 5.63. The van der Waals surface area contributed by atoms with Crippen LogP contribution in [0.2, 0.25) is 5.02 Å². The van der Waals surface area contributed by atoms with E-state index in [0.29, 0.717) is 10.6 Å². The Kier molecular flexibility index (Phi) is 5.61. The Hall–Kier alpha value is -0.620. The fraction of sp³-hybridized carbons (Fsp3) is 0.571. The lowest BCUT2D eigenvalue weighted by atomic mass is 10.0. The van der Waals surface area contributed by atoms with E-state index >= 15 is 0 Å². The van der Waals surface area contributed by atoms with Crippen LogP contribution in [-0.2, 0) is 16.6 Å². The van der Waals surface area contributed by atoms with E-state index in [9.17, 15) is 8.42 Å². The molecule has 0 aromatic heterocycles. The Balaban J connectivity index is 3.26. The first-order valence-electron chi connectivity index (χ1n) is 6.66. The van der Waals surface area contributed by atoms with Gasteiger partial charge in [-0.2, -0.15) is 0 Å². The van der Waals surface area contributed by atoms with Crippen molar-refractivity contribution in [3.05, 3.63) is 28.3 Å². The van der Waals surface area contributed by atoms with Crippen molar-refractivity contribution < 1.29 is 8.42 Å². The molecule has 0 aliphatic carbocycles. The van der Waals surface area contributed by atoms with Gasteiger partial charge in [0.15, 0.2) is 0 Å². The predicted octanol–water partition coefficient (Wildman–Crippen LogP) is 2.96. The summed E-state index contributed by atoms with van der Waals surface area (Å²) in [4.78, 5) is 0.203. The molecule has 114 valence electrons. The average Bonchev–Trinajstić information content (AvgIpc) is 2.29. The smallest absolute Gasteiger partial charge is 0.241 e. The summed E-state index contributed by atoms with van der Waals surface area (Å²) in [6.07, 6.45) is 1.66. The summed E-state index contributed by atoms with van der Waals surface area (Å²) < 4.78 is 27.8. The van der Waals surface area contributed by atoms with Gasteiger partial charge in [-0.25, -0.2) is 13.1 Å². The monoisotopic (exact) mass is 318 g/mol. The molecule has 0 radical (unpaired) electrons. The lowest BCUT2D eigenvalue weighted by Crippen LogP contribution is -2.43. The van der Waals surface area contributed by atoms with Gasteiger partial charge < -0.3 is 5.73 Å². The van der Waals surface area contributed by atoms with Crippen molar-refractivity contribution >= 4 is 21.6 Å². The van der Waals surface area contributed by atoms with E-state index < -0.39 is 15.6 Å². The van der Waals surface area contributed by atoms with Crippen LogP contribution >= 0.6 is 11.6 Å². The van der Waals surface area contributed by atoms with E-state index in [4.69, 9.17) is 17.3 Å². The first-order valence-corrected chi connectivity index (χ1v) is 8.52. The van der Waals surface area contributed by atoms with Crippen molar-refractivity contribution in [2.45, 2.75) is 57.5 Å². The zero-order valence-electron chi connectivity index (χ0n) is 12.5. The number of hydrogen-bond donors (Lipinski definition) is 2. The highest BCUT2D eigenvalue weighted by atomic mass is 35.5. The van der Waals surface area contributed by atoms with Crippen LogP contribution in [-0.4, -0.2) is 14.0 Å². The molecule has 0 saturated carbocycles. The maximum Gasteiger partial charge on any atom is 0.241 e. The van der Waals surface area contributed by atoms with Crippen LogP contribution in [0.1, 0.15) is 44.7 Å². The minimum atomic E-state index is -3.62. The molecular weight excluding hydrogens is 296 g/mol. The molecule has 0 saturated heterocycles. The molecule has 0 atom stereocenters. The molecule has 0 spiro atoms. The summed E-state index contributed by atoms with van der Waals surface area (Å²) in [5.74, 6) is 0. The fourth-order valence-electron chi connectivity index (χ4n) is 2.29. The minimum Gasteiger partial charge on any atom is -0.326 e. The number of nitrogens with two attached hydrogens (primary N) is 1. The van der Waals surface area contributed by atoms with Gasteiger partial charge in [0.1, 0.15) is 0 Å². The summed E-state index contributed by atoms with van der Waals surface area (Å²) in [7, 11) is -3.62. The van der Waals surface area contributed by atoms with E-state index in [1.54, 1.807) is 13.0 Å². The second kappa shape index (κ2) is 6.43. The molecule has 20 heavy (non-hydrogen) atoms. The number of sulfonamides is 1. The van der Waals surface area contributed by atoms with Crippen LogP contribution in [0.5, 0.6) is 0 Å². The minimum absolute atomic E-state index is 0.203. The Labute approximate surface area is 126 Å². The topological polar surface area (TPSA) is 72.2 Å². The van der Waals surface area contributed by atoms with E-state index in [1.807, 2.05) is 20.8 Å². The van der Waals surface area contributed by atoms with Gasteiger partial charge in [0.05, 0.1) is 4.90 Å². The number of hydrogen-bond acceptors (Lipinski definition) is 3. The molecule has 4 nitrogen and oxygen atoms in total. The third kappa shape index (κ3) is 4.19. The summed E-state index contributed by atoms with van der Waals surface area (Å²) in [5.41, 5.74) is 6.53. The van der Waals surface area contributed by atoms with Crippen molar-refractivity contribution in [3.63, 3.8) is 0 Å². The van der Waals surface area contributed by atoms with E-state index in [1.165, 1.54) is 6.07 Å². The highest BCUT2D eigenvalue weighted by Gasteiger charge is 2.27. The fourth-order valence-corrected chi connectivity index (χ4v) is 4.36. The van der Waals surface area contributed by atoms with Gasteiger partial charge >= 0.3 is 0 Å². The standard InChI is InChI=1S/C14H23ClN2O2S/c1-5-6-14(3,4)17-20(18,19)13-8-12(15)7-11(9-16)10(13)2/h7-8,17H,5-6,9,16H2,1-4H3. The molecule has 0 heterocycles. The highest BCUT2D eigenvalue weighted by molar-refractivity contribution is 7.89. The van der Waals surface area contributed by atoms with Crippen molar-refractivity contribution in [1.29, 1.82) is 0 Å². The van der Waals surface area contributed by atoms with Crippen LogP contribution in [0.25, 0.3) is 0 Å². The quantitative estimate of drug-likeness (QED) is 0.847. The van der Waals surface area contributed by atoms with Crippen LogP contribution < -0.4 is 10.5 Å². The lowest BCUT2D eigenvalue weighted by molar-refractivity contribution is 0.417. The SMILES string of the molecule is CCCC(C)(C)NS(=O)(=O)c1cc(Cl)cc(CN)c1C. The largest absolute Gasteiger partial charge is 0.326 e. The van der Waals surface area contributed by atoms with Gasteiger partial charge in [0.2, 0.25) is 10.0 Å². The average molecular weight is 319 g/mol. The van der Waals surface area contributed by atoms with Crippen molar-refractivity contribution in [1.82, 2.24) is 4.72 Å².